The number of aromatic nitrogens is 4. The monoisotopic (exact) mass is 534 g/mol. The van der Waals surface area contributed by atoms with Crippen LogP contribution in [0.15, 0.2) is 77.1 Å². The molecule has 12 heteroatoms. The van der Waals surface area contributed by atoms with Crippen molar-refractivity contribution in [2.75, 3.05) is 18.8 Å². The van der Waals surface area contributed by atoms with Gasteiger partial charge in [-0.25, -0.2) is 19.0 Å². The van der Waals surface area contributed by atoms with Crippen LogP contribution >= 0.6 is 23.5 Å². The molecule has 0 spiro atoms. The topological polar surface area (TPSA) is 110 Å². The smallest absolute Gasteiger partial charge is 0.293 e. The number of thioether (sulfide) groups is 2. The minimum atomic E-state index is -0.513. The number of hydrogen-bond donors (Lipinski definition) is 1. The predicted octanol–water partition coefficient (Wildman–Crippen LogP) is 3.90. The van der Waals surface area contributed by atoms with Crippen LogP contribution in [0, 0.1) is 5.82 Å². The van der Waals surface area contributed by atoms with Crippen molar-refractivity contribution in [2.24, 2.45) is 0 Å². The van der Waals surface area contributed by atoms with Crippen LogP contribution in [0.3, 0.4) is 0 Å². The van der Waals surface area contributed by atoms with E-state index in [-0.39, 0.29) is 35.2 Å². The first-order chi connectivity index (χ1) is 18.0. The number of rotatable bonds is 8. The van der Waals surface area contributed by atoms with Crippen molar-refractivity contribution in [1.29, 1.82) is 0 Å². The number of nitrogens with one attached hydrogen (secondary N) is 1. The molecule has 1 fully saturated rings. The molecule has 0 bridgehead atoms. The van der Waals surface area contributed by atoms with Gasteiger partial charge in [-0.1, -0.05) is 48.2 Å². The Morgan fingerprint density at radius 2 is 1.86 bits per heavy atom. The Balaban J connectivity index is 1.15. The van der Waals surface area contributed by atoms with E-state index in [9.17, 15) is 18.8 Å². The molecule has 9 nitrogen and oxygen atoms in total. The molecule has 1 saturated heterocycles. The first-order valence-corrected chi connectivity index (χ1v) is 12.9. The van der Waals surface area contributed by atoms with Crippen LogP contribution in [0.4, 0.5) is 9.18 Å². The van der Waals surface area contributed by atoms with E-state index in [1.165, 1.54) is 36.3 Å². The van der Waals surface area contributed by atoms with Gasteiger partial charge < -0.3 is 5.32 Å². The van der Waals surface area contributed by atoms with Crippen molar-refractivity contribution in [1.82, 2.24) is 30.0 Å². The molecule has 0 saturated carbocycles. The quantitative estimate of drug-likeness (QED) is 0.206. The fraction of sp³-hybridized carbons (Fsp3) is 0.120. The number of benzene rings is 2. The second kappa shape index (κ2) is 10.9. The Hall–Kier alpha value is -4.03. The minimum Gasteiger partial charge on any atom is -0.354 e. The van der Waals surface area contributed by atoms with E-state index in [0.29, 0.717) is 10.7 Å². The normalized spacial score (nSPS) is 14.6. The molecule has 5 rings (SSSR count). The highest BCUT2D eigenvalue weighted by molar-refractivity contribution is 8.18. The third kappa shape index (κ3) is 5.39. The zero-order valence-corrected chi connectivity index (χ0v) is 20.8. The lowest BCUT2D eigenvalue weighted by molar-refractivity contribution is -0.123. The summed E-state index contributed by atoms with van der Waals surface area (Å²) in [5.41, 5.74) is 1.72. The Morgan fingerprint density at radius 1 is 1.08 bits per heavy atom. The SMILES string of the molecule is O=C(CSc1ncnc2c1cnn2-c1ccccc1)NCCN1C(=O)SC(=Cc2ccccc2F)C1=O. The van der Waals surface area contributed by atoms with E-state index in [2.05, 4.69) is 20.4 Å². The van der Waals surface area contributed by atoms with Gasteiger partial charge in [0.25, 0.3) is 11.1 Å². The summed E-state index contributed by atoms with van der Waals surface area (Å²) in [7, 11) is 0. The van der Waals surface area contributed by atoms with Crippen LogP contribution in [0.25, 0.3) is 22.8 Å². The van der Waals surface area contributed by atoms with Crippen LogP contribution in [0.2, 0.25) is 0 Å². The summed E-state index contributed by atoms with van der Waals surface area (Å²) in [6.45, 7) is 0.104. The molecule has 37 heavy (non-hydrogen) atoms. The number of hydrogen-bond acceptors (Lipinski definition) is 8. The van der Waals surface area contributed by atoms with E-state index in [0.717, 1.165) is 27.7 Å². The van der Waals surface area contributed by atoms with Crippen LogP contribution in [-0.2, 0) is 9.59 Å². The van der Waals surface area contributed by atoms with Crippen molar-refractivity contribution in [3.63, 3.8) is 0 Å². The molecule has 0 radical (unpaired) electrons. The lowest BCUT2D eigenvalue weighted by atomic mass is 10.2. The van der Waals surface area contributed by atoms with E-state index >= 15 is 0 Å². The van der Waals surface area contributed by atoms with Gasteiger partial charge >= 0.3 is 0 Å². The highest BCUT2D eigenvalue weighted by Crippen LogP contribution is 2.32. The Labute approximate surface area is 219 Å². The zero-order valence-electron chi connectivity index (χ0n) is 19.2. The van der Waals surface area contributed by atoms with Crippen LogP contribution < -0.4 is 5.32 Å². The fourth-order valence-corrected chi connectivity index (χ4v) is 5.26. The van der Waals surface area contributed by atoms with E-state index in [1.54, 1.807) is 23.0 Å². The molecule has 2 aromatic carbocycles. The highest BCUT2D eigenvalue weighted by Gasteiger charge is 2.34. The molecule has 1 aliphatic rings. The number of para-hydroxylation sites is 1. The first-order valence-electron chi connectivity index (χ1n) is 11.1. The summed E-state index contributed by atoms with van der Waals surface area (Å²) >= 11 is 1.99. The number of imide groups is 1. The predicted molar refractivity (Wildman–Crippen MR) is 139 cm³/mol. The fourth-order valence-electron chi connectivity index (χ4n) is 3.61. The van der Waals surface area contributed by atoms with Crippen molar-refractivity contribution < 1.29 is 18.8 Å². The van der Waals surface area contributed by atoms with E-state index < -0.39 is 17.0 Å². The Kier molecular flexibility index (Phi) is 7.28. The van der Waals surface area contributed by atoms with E-state index in [4.69, 9.17) is 0 Å². The van der Waals surface area contributed by atoms with Gasteiger partial charge in [0.2, 0.25) is 5.91 Å². The molecule has 186 valence electrons. The number of halogens is 1. The molecule has 3 heterocycles. The maximum Gasteiger partial charge on any atom is 0.293 e. The van der Waals surface area contributed by atoms with E-state index in [1.807, 2.05) is 30.3 Å². The van der Waals surface area contributed by atoms with Gasteiger partial charge in [-0.05, 0) is 36.0 Å². The highest BCUT2D eigenvalue weighted by atomic mass is 32.2. The summed E-state index contributed by atoms with van der Waals surface area (Å²) < 4.78 is 15.6. The number of carbonyl (C=O) groups is 3. The summed E-state index contributed by atoms with van der Waals surface area (Å²) in [6.07, 6.45) is 4.45. The van der Waals surface area contributed by atoms with Gasteiger partial charge in [-0.3, -0.25) is 19.3 Å². The van der Waals surface area contributed by atoms with Gasteiger partial charge in [0.05, 0.1) is 27.9 Å². The van der Waals surface area contributed by atoms with Crippen LogP contribution in [0.5, 0.6) is 0 Å². The summed E-state index contributed by atoms with van der Waals surface area (Å²) in [6, 6.07) is 15.6. The second-order valence-corrected chi connectivity index (χ2v) is 9.76. The molecule has 0 aliphatic carbocycles. The molecule has 4 aromatic rings. The summed E-state index contributed by atoms with van der Waals surface area (Å²) in [4.78, 5) is 47.1. The van der Waals surface area contributed by atoms with Crippen molar-refractivity contribution in [2.45, 2.75) is 5.03 Å². The maximum absolute atomic E-state index is 13.9. The van der Waals surface area contributed by atoms with Gasteiger partial charge in [0, 0.05) is 18.7 Å². The zero-order chi connectivity index (χ0) is 25.8. The lowest BCUT2D eigenvalue weighted by Gasteiger charge is -2.13. The van der Waals surface area contributed by atoms with Crippen LogP contribution in [0.1, 0.15) is 5.56 Å². The summed E-state index contributed by atoms with van der Waals surface area (Å²) in [5, 5.41) is 8.00. The number of fused-ring (bicyclic) bond motifs is 1. The number of nitrogens with zero attached hydrogens (tertiary/aromatic N) is 5. The first kappa shape index (κ1) is 24.7. The molecule has 0 atom stereocenters. The van der Waals surface area contributed by atoms with Crippen molar-refractivity contribution >= 4 is 57.7 Å². The van der Waals surface area contributed by atoms with Crippen LogP contribution in [-0.4, -0.2) is 60.5 Å². The molecule has 3 amide bonds. The number of amides is 3. The van der Waals surface area contributed by atoms with Gasteiger partial charge in [0.15, 0.2) is 5.65 Å². The third-order valence-corrected chi connectivity index (χ3v) is 7.31. The average Bonchev–Trinajstić information content (AvgIpc) is 3.46. The van der Waals surface area contributed by atoms with Gasteiger partial charge in [-0.15, -0.1) is 0 Å². The Bertz CT molecular complexity index is 1530. The van der Waals surface area contributed by atoms with Gasteiger partial charge in [0.1, 0.15) is 17.2 Å². The number of carbonyl (C=O) groups excluding carboxylic acids is 3. The van der Waals surface area contributed by atoms with Gasteiger partial charge in [-0.2, -0.15) is 5.10 Å². The molecule has 1 N–H and O–H groups in total. The molecule has 2 aromatic heterocycles. The molecular formula is C25H19FN6O3S2. The lowest BCUT2D eigenvalue weighted by Crippen LogP contribution is -2.37. The standard InChI is InChI=1S/C25H19FN6O3S2/c26-19-9-5-4-6-16(19)12-20-24(34)31(25(35)37-20)11-10-27-21(33)14-36-23-18-13-30-32(22(18)28-15-29-23)17-7-2-1-3-8-17/h1-9,12-13,15H,10-11,14H2,(H,27,33). The largest absolute Gasteiger partial charge is 0.354 e. The van der Waals surface area contributed by atoms with Crippen molar-refractivity contribution in [3.05, 3.63) is 83.4 Å². The average molecular weight is 535 g/mol. The second-order valence-electron chi connectivity index (χ2n) is 7.80. The molecular weight excluding hydrogens is 515 g/mol. The molecule has 1 aliphatic heterocycles. The molecule has 0 unspecified atom stereocenters. The third-order valence-electron chi connectivity index (χ3n) is 5.39. The maximum atomic E-state index is 13.9. The summed E-state index contributed by atoms with van der Waals surface area (Å²) in [5.74, 6) is -1.19. The Morgan fingerprint density at radius 3 is 2.68 bits per heavy atom. The minimum absolute atomic E-state index is 0.0112. The van der Waals surface area contributed by atoms with Crippen molar-refractivity contribution in [3.8, 4) is 5.69 Å².